The van der Waals surface area contributed by atoms with Gasteiger partial charge >= 0.3 is 6.09 Å². The SMILES string of the molecule is C[Si](C)(C)CCOC(=O)N1CC=C(c2cnc(CO)nc2)CC1. The van der Waals surface area contributed by atoms with Gasteiger partial charge in [-0.25, -0.2) is 14.8 Å². The van der Waals surface area contributed by atoms with Crippen LogP contribution in [-0.2, 0) is 11.3 Å². The number of hydrogen-bond donors (Lipinski definition) is 1. The average molecular weight is 335 g/mol. The first-order chi connectivity index (χ1) is 10.9. The summed E-state index contributed by atoms with van der Waals surface area (Å²) in [6.07, 6.45) is 5.97. The molecule has 0 atom stereocenters. The molecule has 1 amide bonds. The lowest BCUT2D eigenvalue weighted by molar-refractivity contribution is 0.111. The number of carbonyl (C=O) groups excluding carboxylic acids is 1. The molecule has 1 aliphatic heterocycles. The van der Waals surface area contributed by atoms with E-state index in [9.17, 15) is 4.79 Å². The second-order valence-corrected chi connectivity index (χ2v) is 12.5. The Morgan fingerprint density at radius 3 is 2.57 bits per heavy atom. The molecular weight excluding hydrogens is 310 g/mol. The molecule has 1 aromatic heterocycles. The van der Waals surface area contributed by atoms with Gasteiger partial charge in [0.2, 0.25) is 0 Å². The highest BCUT2D eigenvalue weighted by Crippen LogP contribution is 2.21. The van der Waals surface area contributed by atoms with Crippen molar-refractivity contribution in [1.29, 1.82) is 0 Å². The minimum absolute atomic E-state index is 0.156. The van der Waals surface area contributed by atoms with E-state index >= 15 is 0 Å². The van der Waals surface area contributed by atoms with Gasteiger partial charge in [-0.05, 0) is 18.0 Å². The second-order valence-electron chi connectivity index (χ2n) is 6.90. The van der Waals surface area contributed by atoms with Crippen molar-refractivity contribution in [3.63, 3.8) is 0 Å². The lowest BCUT2D eigenvalue weighted by Crippen LogP contribution is -2.36. The number of hydrogen-bond acceptors (Lipinski definition) is 5. The van der Waals surface area contributed by atoms with Crippen LogP contribution in [0.3, 0.4) is 0 Å². The summed E-state index contributed by atoms with van der Waals surface area (Å²) in [6, 6.07) is 0.988. The van der Waals surface area contributed by atoms with E-state index in [1.165, 1.54) is 0 Å². The van der Waals surface area contributed by atoms with Gasteiger partial charge in [0.05, 0.1) is 6.61 Å². The Kier molecular flexibility index (Phi) is 5.89. The molecule has 2 rings (SSSR count). The number of aliphatic hydroxyl groups is 1. The van der Waals surface area contributed by atoms with E-state index in [2.05, 4.69) is 29.6 Å². The summed E-state index contributed by atoms with van der Waals surface area (Å²) < 4.78 is 5.37. The molecule has 0 radical (unpaired) electrons. The van der Waals surface area contributed by atoms with Crippen molar-refractivity contribution < 1.29 is 14.6 Å². The number of nitrogens with zero attached hydrogens (tertiary/aromatic N) is 3. The molecule has 1 N–H and O–H groups in total. The summed E-state index contributed by atoms with van der Waals surface area (Å²) in [5, 5.41) is 8.96. The van der Waals surface area contributed by atoms with Crippen LogP contribution in [0, 0.1) is 0 Å². The Morgan fingerprint density at radius 1 is 1.35 bits per heavy atom. The molecular formula is C16H25N3O3Si. The van der Waals surface area contributed by atoms with Gasteiger partial charge in [0, 0.05) is 39.1 Å². The molecule has 0 unspecified atom stereocenters. The first kappa shape index (κ1) is 17.6. The van der Waals surface area contributed by atoms with Gasteiger partial charge in [0.25, 0.3) is 0 Å². The van der Waals surface area contributed by atoms with Gasteiger partial charge in [-0.1, -0.05) is 25.7 Å². The smallest absolute Gasteiger partial charge is 0.410 e. The third-order valence-electron chi connectivity index (χ3n) is 3.76. The molecule has 1 aliphatic rings. The lowest BCUT2D eigenvalue weighted by atomic mass is 10.0. The van der Waals surface area contributed by atoms with E-state index in [1.807, 2.05) is 6.08 Å². The average Bonchev–Trinajstić information content (AvgIpc) is 2.54. The Hall–Kier alpha value is -1.73. The maximum atomic E-state index is 12.0. The Balaban J connectivity index is 1.86. The van der Waals surface area contributed by atoms with Crippen molar-refractivity contribution in [2.24, 2.45) is 0 Å². The molecule has 23 heavy (non-hydrogen) atoms. The summed E-state index contributed by atoms with van der Waals surface area (Å²) in [5.41, 5.74) is 2.06. The van der Waals surface area contributed by atoms with Crippen molar-refractivity contribution in [2.75, 3.05) is 19.7 Å². The summed E-state index contributed by atoms with van der Waals surface area (Å²) >= 11 is 0. The normalized spacial score (nSPS) is 15.3. The van der Waals surface area contributed by atoms with Crippen LogP contribution in [0.2, 0.25) is 25.7 Å². The van der Waals surface area contributed by atoms with Gasteiger partial charge < -0.3 is 14.7 Å². The molecule has 0 aromatic carbocycles. The summed E-state index contributed by atoms with van der Waals surface area (Å²) in [5.74, 6) is 0.415. The third kappa shape index (κ3) is 5.44. The van der Waals surface area contributed by atoms with Crippen LogP contribution >= 0.6 is 0 Å². The molecule has 0 spiro atoms. The van der Waals surface area contributed by atoms with Crippen LogP contribution in [0.25, 0.3) is 5.57 Å². The number of aliphatic hydroxyl groups excluding tert-OH is 1. The van der Waals surface area contributed by atoms with Crippen LogP contribution in [0.15, 0.2) is 18.5 Å². The largest absolute Gasteiger partial charge is 0.450 e. The van der Waals surface area contributed by atoms with Gasteiger partial charge in [-0.3, -0.25) is 0 Å². The minimum atomic E-state index is -1.18. The highest BCUT2D eigenvalue weighted by atomic mass is 28.3. The molecule has 0 bridgehead atoms. The van der Waals surface area contributed by atoms with Gasteiger partial charge in [0.1, 0.15) is 6.61 Å². The standard InChI is InChI=1S/C16H25N3O3Si/c1-23(2,3)9-8-22-16(21)19-6-4-13(5-7-19)14-10-17-15(12-20)18-11-14/h4,10-11,20H,5-9,12H2,1-3H3. The molecule has 6 nitrogen and oxygen atoms in total. The van der Waals surface area contributed by atoms with Crippen molar-refractivity contribution in [1.82, 2.24) is 14.9 Å². The van der Waals surface area contributed by atoms with Crippen LogP contribution in [0.5, 0.6) is 0 Å². The van der Waals surface area contributed by atoms with Gasteiger partial charge in [-0.15, -0.1) is 0 Å². The Bertz CT molecular complexity index is 567. The predicted octanol–water partition coefficient (Wildman–Crippen LogP) is 2.53. The first-order valence-electron chi connectivity index (χ1n) is 7.92. The van der Waals surface area contributed by atoms with Gasteiger partial charge in [-0.2, -0.15) is 0 Å². The first-order valence-corrected chi connectivity index (χ1v) is 11.6. The number of ether oxygens (including phenoxy) is 1. The summed E-state index contributed by atoms with van der Waals surface area (Å²) in [6.45, 7) is 8.33. The van der Waals surface area contributed by atoms with Crippen LogP contribution < -0.4 is 0 Å². The zero-order valence-corrected chi connectivity index (χ0v) is 15.1. The van der Waals surface area contributed by atoms with Crippen molar-refractivity contribution in [2.45, 2.75) is 38.7 Å². The minimum Gasteiger partial charge on any atom is -0.450 e. The summed E-state index contributed by atoms with van der Waals surface area (Å²) in [4.78, 5) is 21.9. The van der Waals surface area contributed by atoms with Crippen LogP contribution in [0.4, 0.5) is 4.79 Å². The predicted molar refractivity (Wildman–Crippen MR) is 91.6 cm³/mol. The molecule has 0 aliphatic carbocycles. The number of rotatable bonds is 5. The number of amides is 1. The second kappa shape index (κ2) is 7.70. The number of aromatic nitrogens is 2. The highest BCUT2D eigenvalue weighted by Gasteiger charge is 2.20. The monoisotopic (exact) mass is 335 g/mol. The molecule has 1 aromatic rings. The molecule has 0 saturated heterocycles. The Labute approximate surface area is 138 Å². The maximum absolute atomic E-state index is 12.0. The van der Waals surface area contributed by atoms with E-state index < -0.39 is 8.07 Å². The highest BCUT2D eigenvalue weighted by molar-refractivity contribution is 6.76. The van der Waals surface area contributed by atoms with Crippen molar-refractivity contribution in [3.8, 4) is 0 Å². The molecule has 2 heterocycles. The van der Waals surface area contributed by atoms with E-state index in [0.29, 0.717) is 25.5 Å². The lowest BCUT2D eigenvalue weighted by Gasteiger charge is -2.26. The molecule has 7 heteroatoms. The van der Waals surface area contributed by atoms with Crippen molar-refractivity contribution >= 4 is 19.7 Å². The Morgan fingerprint density at radius 2 is 2.04 bits per heavy atom. The summed E-state index contributed by atoms with van der Waals surface area (Å²) in [7, 11) is -1.18. The van der Waals surface area contributed by atoms with Crippen molar-refractivity contribution in [3.05, 3.63) is 29.9 Å². The van der Waals surface area contributed by atoms with E-state index in [1.54, 1.807) is 17.3 Å². The fourth-order valence-corrected chi connectivity index (χ4v) is 2.95. The fraction of sp³-hybridized carbons (Fsp3) is 0.562. The van der Waals surface area contributed by atoms with Gasteiger partial charge in [0.15, 0.2) is 5.82 Å². The topological polar surface area (TPSA) is 75.5 Å². The maximum Gasteiger partial charge on any atom is 0.410 e. The zero-order chi connectivity index (χ0) is 16.9. The third-order valence-corrected chi connectivity index (χ3v) is 5.47. The molecule has 126 valence electrons. The van der Waals surface area contributed by atoms with E-state index in [4.69, 9.17) is 9.84 Å². The zero-order valence-electron chi connectivity index (χ0n) is 14.1. The fourth-order valence-electron chi connectivity index (χ4n) is 2.24. The molecule has 0 saturated carbocycles. The molecule has 0 fully saturated rings. The van der Waals surface area contributed by atoms with E-state index in [0.717, 1.165) is 23.6 Å². The number of carbonyl (C=O) groups is 1. The van der Waals surface area contributed by atoms with Crippen LogP contribution in [0.1, 0.15) is 17.8 Å². The van der Waals surface area contributed by atoms with E-state index in [-0.39, 0.29) is 12.7 Å². The quantitative estimate of drug-likeness (QED) is 0.837. The van der Waals surface area contributed by atoms with Crippen LogP contribution in [-0.4, -0.2) is 53.8 Å².